The van der Waals surface area contributed by atoms with Crippen LogP contribution < -0.4 is 16.1 Å². The van der Waals surface area contributed by atoms with Gasteiger partial charge in [-0.3, -0.25) is 14.4 Å². The lowest BCUT2D eigenvalue weighted by atomic mass is 10.0. The molecule has 8 nitrogen and oxygen atoms in total. The molecule has 1 aliphatic carbocycles. The number of hydroxylamine groups is 1. The summed E-state index contributed by atoms with van der Waals surface area (Å²) in [5.41, 5.74) is 7.48. The number of primary amides is 1. The number of amides is 2. The van der Waals surface area contributed by atoms with Gasteiger partial charge in [0.05, 0.1) is 5.69 Å². The van der Waals surface area contributed by atoms with Gasteiger partial charge in [-0.1, -0.05) is 6.08 Å². The predicted octanol–water partition coefficient (Wildman–Crippen LogP) is -0.395. The number of hydrogen-bond donors (Lipinski definition) is 2. The van der Waals surface area contributed by atoms with E-state index < -0.39 is 11.8 Å². The predicted molar refractivity (Wildman–Crippen MR) is 63.0 cm³/mol. The molecule has 0 unspecified atom stereocenters. The first kappa shape index (κ1) is 12.7. The molecule has 1 aromatic heterocycles. The summed E-state index contributed by atoms with van der Waals surface area (Å²) >= 11 is 0. The molecular formula is C11H10N4O4. The average molecular weight is 262 g/mol. The number of allylic oxidation sites excluding steroid dienone is 1. The zero-order valence-corrected chi connectivity index (χ0v) is 9.97. The number of aromatic nitrogens is 2. The van der Waals surface area contributed by atoms with E-state index >= 15 is 0 Å². The molecule has 19 heavy (non-hydrogen) atoms. The molecule has 98 valence electrons. The van der Waals surface area contributed by atoms with Gasteiger partial charge in [0.2, 0.25) is 11.7 Å². The molecule has 0 spiro atoms. The highest BCUT2D eigenvalue weighted by molar-refractivity contribution is 6.04. The summed E-state index contributed by atoms with van der Waals surface area (Å²) in [6, 6.07) is 0. The van der Waals surface area contributed by atoms with Gasteiger partial charge in [0.25, 0.3) is 11.8 Å². The van der Waals surface area contributed by atoms with Gasteiger partial charge in [-0.15, -0.1) is 0 Å². The van der Waals surface area contributed by atoms with E-state index in [1.54, 1.807) is 12.2 Å². The zero-order valence-electron chi connectivity index (χ0n) is 9.97. The Morgan fingerprint density at radius 2 is 2.16 bits per heavy atom. The van der Waals surface area contributed by atoms with E-state index in [-0.39, 0.29) is 35.2 Å². The van der Waals surface area contributed by atoms with Crippen molar-refractivity contribution in [3.05, 3.63) is 23.2 Å². The second-order valence-electron chi connectivity index (χ2n) is 3.77. The van der Waals surface area contributed by atoms with Crippen LogP contribution in [0.3, 0.4) is 0 Å². The number of fused-ring (bicyclic) bond motifs is 1. The van der Waals surface area contributed by atoms with Crippen molar-refractivity contribution in [1.82, 2.24) is 15.4 Å². The third kappa shape index (κ3) is 2.57. The number of nitrogens with zero attached hydrogens (tertiary/aromatic N) is 2. The quantitative estimate of drug-likeness (QED) is 0.714. The Morgan fingerprint density at radius 3 is 2.79 bits per heavy atom. The Morgan fingerprint density at radius 1 is 1.42 bits per heavy atom. The molecule has 1 aromatic rings. The molecule has 0 atom stereocenters. The summed E-state index contributed by atoms with van der Waals surface area (Å²) in [6.07, 6.45) is 3.33. The Kier molecular flexibility index (Phi) is 3.23. The summed E-state index contributed by atoms with van der Waals surface area (Å²) in [7, 11) is 0. The maximum atomic E-state index is 11.8. The summed E-state index contributed by atoms with van der Waals surface area (Å²) in [6.45, 7) is 1.23. The van der Waals surface area contributed by atoms with E-state index in [1.165, 1.54) is 6.92 Å². The first-order valence-electron chi connectivity index (χ1n) is 5.34. The molecule has 0 fully saturated rings. The van der Waals surface area contributed by atoms with Crippen LogP contribution in [-0.4, -0.2) is 27.6 Å². The summed E-state index contributed by atoms with van der Waals surface area (Å²) in [4.78, 5) is 46.2. The normalized spacial score (nSPS) is 12.8. The van der Waals surface area contributed by atoms with Crippen LogP contribution in [0.25, 0.3) is 6.08 Å². The van der Waals surface area contributed by atoms with Crippen molar-refractivity contribution in [3.63, 3.8) is 0 Å². The summed E-state index contributed by atoms with van der Waals surface area (Å²) in [5, 5.41) is 0. The minimum absolute atomic E-state index is 0.112. The molecule has 0 saturated heterocycles. The Balaban J connectivity index is 2.52. The van der Waals surface area contributed by atoms with Crippen molar-refractivity contribution in [3.8, 4) is 5.88 Å². The standard InChI is InChI=1S/C11H10N4O4/c1-5(16)15-19-11-8-6(3-2-4-7(8)17)13-10(14-11)9(12)18/h2-3H,4H2,1H3,(H2,12,18)(H,15,16). The van der Waals surface area contributed by atoms with Crippen LogP contribution in [0.1, 0.15) is 40.0 Å². The maximum Gasteiger partial charge on any atom is 0.286 e. The highest BCUT2D eigenvalue weighted by Gasteiger charge is 2.24. The fraction of sp³-hybridized carbons (Fsp3) is 0.182. The molecular weight excluding hydrogens is 252 g/mol. The Hall–Kier alpha value is -2.77. The number of carbonyl (C=O) groups excluding carboxylic acids is 3. The molecule has 0 aliphatic heterocycles. The SMILES string of the molecule is CC(=O)NOc1nc(C(N)=O)nc2c1C(=O)CC=C2. The van der Waals surface area contributed by atoms with Crippen LogP contribution in [0.15, 0.2) is 6.08 Å². The fourth-order valence-electron chi connectivity index (χ4n) is 1.52. The molecule has 0 saturated carbocycles. The molecule has 2 amide bonds. The largest absolute Gasteiger partial charge is 0.363 e. The van der Waals surface area contributed by atoms with Crippen LogP contribution in [0, 0.1) is 0 Å². The number of hydrogen-bond acceptors (Lipinski definition) is 6. The van der Waals surface area contributed by atoms with E-state index in [4.69, 9.17) is 10.6 Å². The van der Waals surface area contributed by atoms with Crippen LogP contribution in [0.4, 0.5) is 0 Å². The number of rotatable bonds is 3. The van der Waals surface area contributed by atoms with Crippen molar-refractivity contribution in [2.45, 2.75) is 13.3 Å². The Labute approximate surface area is 107 Å². The van der Waals surface area contributed by atoms with Crippen molar-refractivity contribution in [2.24, 2.45) is 5.73 Å². The highest BCUT2D eigenvalue weighted by Crippen LogP contribution is 2.25. The van der Waals surface area contributed by atoms with Crippen LogP contribution in [0.5, 0.6) is 5.88 Å². The minimum Gasteiger partial charge on any atom is -0.363 e. The third-order valence-corrected chi connectivity index (χ3v) is 2.27. The topological polar surface area (TPSA) is 124 Å². The number of nitrogens with one attached hydrogen (secondary N) is 1. The molecule has 1 aliphatic rings. The molecule has 0 aromatic carbocycles. The molecule has 0 radical (unpaired) electrons. The van der Waals surface area contributed by atoms with Crippen molar-refractivity contribution >= 4 is 23.7 Å². The lowest BCUT2D eigenvalue weighted by Crippen LogP contribution is -2.27. The van der Waals surface area contributed by atoms with Crippen molar-refractivity contribution < 1.29 is 19.2 Å². The molecule has 1 heterocycles. The second-order valence-corrected chi connectivity index (χ2v) is 3.77. The number of Topliss-reactive ketones (excluding diaryl/α,β-unsaturated/α-hetero) is 1. The van der Waals surface area contributed by atoms with Gasteiger partial charge in [-0.25, -0.2) is 4.98 Å². The van der Waals surface area contributed by atoms with Gasteiger partial charge in [0.1, 0.15) is 5.56 Å². The van der Waals surface area contributed by atoms with Gasteiger partial charge >= 0.3 is 0 Å². The fourth-order valence-corrected chi connectivity index (χ4v) is 1.52. The van der Waals surface area contributed by atoms with E-state index in [1.807, 2.05) is 5.48 Å². The van der Waals surface area contributed by atoms with Crippen LogP contribution >= 0.6 is 0 Å². The van der Waals surface area contributed by atoms with E-state index in [0.717, 1.165) is 0 Å². The summed E-state index contributed by atoms with van der Waals surface area (Å²) in [5.74, 6) is -2.09. The lowest BCUT2D eigenvalue weighted by Gasteiger charge is -2.13. The van der Waals surface area contributed by atoms with Gasteiger partial charge in [-0.2, -0.15) is 10.5 Å². The monoisotopic (exact) mass is 262 g/mol. The number of nitrogens with two attached hydrogens (primary N) is 1. The molecule has 3 N–H and O–H groups in total. The van der Waals surface area contributed by atoms with E-state index in [2.05, 4.69) is 9.97 Å². The first-order chi connectivity index (χ1) is 8.99. The van der Waals surface area contributed by atoms with Gasteiger partial charge in [-0.05, 0) is 6.08 Å². The molecule has 8 heteroatoms. The number of ketones is 1. The van der Waals surface area contributed by atoms with Gasteiger partial charge in [0, 0.05) is 13.3 Å². The highest BCUT2D eigenvalue weighted by atomic mass is 16.7. The first-order valence-corrected chi connectivity index (χ1v) is 5.34. The number of carbonyl (C=O) groups is 3. The molecule has 0 bridgehead atoms. The second kappa shape index (κ2) is 4.84. The van der Waals surface area contributed by atoms with Gasteiger partial charge < -0.3 is 10.6 Å². The summed E-state index contributed by atoms with van der Waals surface area (Å²) < 4.78 is 0. The minimum atomic E-state index is -0.859. The molecule has 2 rings (SSSR count). The zero-order chi connectivity index (χ0) is 14.0. The van der Waals surface area contributed by atoms with E-state index in [0.29, 0.717) is 0 Å². The van der Waals surface area contributed by atoms with Crippen LogP contribution in [0.2, 0.25) is 0 Å². The lowest BCUT2D eigenvalue weighted by molar-refractivity contribution is -0.125. The maximum absolute atomic E-state index is 11.8. The Bertz CT molecular complexity index is 609. The third-order valence-electron chi connectivity index (χ3n) is 2.27. The van der Waals surface area contributed by atoms with Crippen molar-refractivity contribution in [2.75, 3.05) is 0 Å². The average Bonchev–Trinajstić information content (AvgIpc) is 2.35. The van der Waals surface area contributed by atoms with E-state index in [9.17, 15) is 14.4 Å². The smallest absolute Gasteiger partial charge is 0.286 e. The van der Waals surface area contributed by atoms with Crippen LogP contribution in [-0.2, 0) is 4.79 Å². The van der Waals surface area contributed by atoms with Crippen molar-refractivity contribution in [1.29, 1.82) is 0 Å². The van der Waals surface area contributed by atoms with Gasteiger partial charge in [0.15, 0.2) is 5.78 Å².